The summed E-state index contributed by atoms with van der Waals surface area (Å²) < 4.78 is 0. The van der Waals surface area contributed by atoms with Crippen molar-refractivity contribution in [3.05, 3.63) is 35.7 Å². The number of rotatable bonds is 5. The van der Waals surface area contributed by atoms with Crippen molar-refractivity contribution in [1.82, 2.24) is 4.98 Å². The van der Waals surface area contributed by atoms with Crippen LogP contribution in [-0.2, 0) is 4.79 Å². The number of hydrogen-bond donors (Lipinski definition) is 2. The Kier molecular flexibility index (Phi) is 6.81. The van der Waals surface area contributed by atoms with E-state index in [0.29, 0.717) is 5.13 Å². The summed E-state index contributed by atoms with van der Waals surface area (Å²) in [5.74, 6) is -0.0168. The molecule has 0 saturated carbocycles. The summed E-state index contributed by atoms with van der Waals surface area (Å²) in [7, 11) is 0. The standard InChI is InChI=1S/C15H19N3OS.ClH/c1-3-10(2)13(16)14(19)18-15-17-12(9-20-15)11-7-5-4-6-8-11;/h4-10,13H,3,16H2,1-2H3,(H,17,18,19);1H. The topological polar surface area (TPSA) is 68.0 Å². The Morgan fingerprint density at radius 2 is 2.05 bits per heavy atom. The molecule has 0 aliphatic carbocycles. The van der Waals surface area contributed by atoms with Gasteiger partial charge in [0.15, 0.2) is 5.13 Å². The molecule has 2 aromatic rings. The molecule has 21 heavy (non-hydrogen) atoms. The molecule has 4 nitrogen and oxygen atoms in total. The molecule has 1 aromatic carbocycles. The van der Waals surface area contributed by atoms with E-state index < -0.39 is 6.04 Å². The molecule has 2 rings (SSSR count). The van der Waals surface area contributed by atoms with Crippen molar-refractivity contribution >= 4 is 34.8 Å². The second-order valence-electron chi connectivity index (χ2n) is 4.80. The van der Waals surface area contributed by atoms with Gasteiger partial charge in [0.2, 0.25) is 5.91 Å². The van der Waals surface area contributed by atoms with Gasteiger partial charge in [-0.3, -0.25) is 4.79 Å². The lowest BCUT2D eigenvalue weighted by molar-refractivity contribution is -0.118. The first kappa shape index (κ1) is 17.6. The van der Waals surface area contributed by atoms with Crippen LogP contribution in [0.5, 0.6) is 0 Å². The summed E-state index contributed by atoms with van der Waals surface area (Å²) in [6, 6.07) is 9.38. The maximum Gasteiger partial charge on any atom is 0.243 e. The maximum atomic E-state index is 12.0. The number of carbonyl (C=O) groups is 1. The third kappa shape index (κ3) is 4.52. The molecule has 0 bridgehead atoms. The quantitative estimate of drug-likeness (QED) is 0.883. The summed E-state index contributed by atoms with van der Waals surface area (Å²) in [6.07, 6.45) is 0.877. The van der Waals surface area contributed by atoms with E-state index in [-0.39, 0.29) is 24.2 Å². The molecule has 2 unspecified atom stereocenters. The molecule has 0 saturated heterocycles. The molecule has 1 heterocycles. The van der Waals surface area contributed by atoms with Crippen LogP contribution in [0.15, 0.2) is 35.7 Å². The van der Waals surface area contributed by atoms with Crippen LogP contribution in [0.25, 0.3) is 11.3 Å². The lowest BCUT2D eigenvalue weighted by atomic mass is 10.00. The minimum absolute atomic E-state index is 0. The summed E-state index contributed by atoms with van der Waals surface area (Å²) in [6.45, 7) is 4.00. The van der Waals surface area contributed by atoms with Gasteiger partial charge in [0.25, 0.3) is 0 Å². The molecule has 1 amide bonds. The SMILES string of the molecule is CCC(C)C(N)C(=O)Nc1nc(-c2ccccc2)cs1.Cl. The average molecular weight is 326 g/mol. The first-order chi connectivity index (χ1) is 9.61. The van der Waals surface area contributed by atoms with Crippen molar-refractivity contribution in [3.8, 4) is 11.3 Å². The van der Waals surface area contributed by atoms with Crippen LogP contribution in [0, 0.1) is 5.92 Å². The van der Waals surface area contributed by atoms with Crippen molar-refractivity contribution in [2.45, 2.75) is 26.3 Å². The maximum absolute atomic E-state index is 12.0. The zero-order chi connectivity index (χ0) is 14.5. The molecule has 0 fully saturated rings. The van der Waals surface area contributed by atoms with Crippen molar-refractivity contribution in [2.24, 2.45) is 11.7 Å². The summed E-state index contributed by atoms with van der Waals surface area (Å²) in [5.41, 5.74) is 7.80. The number of hydrogen-bond acceptors (Lipinski definition) is 4. The number of amides is 1. The van der Waals surface area contributed by atoms with Crippen LogP contribution < -0.4 is 11.1 Å². The Labute approximate surface area is 135 Å². The number of anilines is 1. The van der Waals surface area contributed by atoms with E-state index in [9.17, 15) is 4.79 Å². The second kappa shape index (κ2) is 8.12. The van der Waals surface area contributed by atoms with Gasteiger partial charge < -0.3 is 11.1 Å². The Balaban J connectivity index is 0.00000220. The van der Waals surface area contributed by atoms with Crippen molar-refractivity contribution in [3.63, 3.8) is 0 Å². The highest BCUT2D eigenvalue weighted by Gasteiger charge is 2.20. The normalized spacial score (nSPS) is 13.1. The van der Waals surface area contributed by atoms with E-state index in [1.807, 2.05) is 49.6 Å². The molecule has 0 spiro atoms. The number of benzene rings is 1. The first-order valence-electron chi connectivity index (χ1n) is 6.69. The minimum Gasteiger partial charge on any atom is -0.320 e. The van der Waals surface area contributed by atoms with Crippen LogP contribution in [0.3, 0.4) is 0 Å². The fourth-order valence-corrected chi connectivity index (χ4v) is 2.50. The lowest BCUT2D eigenvalue weighted by Crippen LogP contribution is -2.40. The van der Waals surface area contributed by atoms with Crippen LogP contribution in [-0.4, -0.2) is 16.9 Å². The number of nitrogens with zero attached hydrogens (tertiary/aromatic N) is 1. The molecular weight excluding hydrogens is 306 g/mol. The van der Waals surface area contributed by atoms with Gasteiger partial charge in [-0.2, -0.15) is 0 Å². The fraction of sp³-hybridized carbons (Fsp3) is 0.333. The van der Waals surface area contributed by atoms with Crippen LogP contribution >= 0.6 is 23.7 Å². The predicted octanol–water partition coefficient (Wildman–Crippen LogP) is 3.54. The minimum atomic E-state index is -0.496. The zero-order valence-corrected chi connectivity index (χ0v) is 13.7. The van der Waals surface area contributed by atoms with E-state index in [0.717, 1.165) is 17.7 Å². The van der Waals surface area contributed by atoms with Gasteiger partial charge in [0.1, 0.15) is 0 Å². The van der Waals surface area contributed by atoms with Gasteiger partial charge in [0.05, 0.1) is 11.7 Å². The number of nitrogens with one attached hydrogen (secondary N) is 1. The van der Waals surface area contributed by atoms with E-state index in [1.165, 1.54) is 11.3 Å². The van der Waals surface area contributed by atoms with Crippen molar-refractivity contribution in [2.75, 3.05) is 5.32 Å². The molecule has 0 aliphatic rings. The molecule has 0 radical (unpaired) electrons. The Morgan fingerprint density at radius 1 is 1.38 bits per heavy atom. The Morgan fingerprint density at radius 3 is 2.67 bits per heavy atom. The van der Waals surface area contributed by atoms with Crippen molar-refractivity contribution in [1.29, 1.82) is 0 Å². The number of carbonyl (C=O) groups excluding carboxylic acids is 1. The number of halogens is 1. The third-order valence-corrected chi connectivity index (χ3v) is 4.12. The summed E-state index contributed by atoms with van der Waals surface area (Å²) >= 11 is 1.41. The van der Waals surface area contributed by atoms with Gasteiger partial charge in [-0.15, -0.1) is 23.7 Å². The predicted molar refractivity (Wildman–Crippen MR) is 90.9 cm³/mol. The Hall–Kier alpha value is -1.43. The average Bonchev–Trinajstić information content (AvgIpc) is 2.95. The van der Waals surface area contributed by atoms with E-state index in [2.05, 4.69) is 10.3 Å². The van der Waals surface area contributed by atoms with E-state index in [1.54, 1.807) is 0 Å². The summed E-state index contributed by atoms with van der Waals surface area (Å²) in [4.78, 5) is 16.4. The van der Waals surface area contributed by atoms with Gasteiger partial charge in [-0.25, -0.2) is 4.98 Å². The monoisotopic (exact) mass is 325 g/mol. The smallest absolute Gasteiger partial charge is 0.243 e. The lowest BCUT2D eigenvalue weighted by Gasteiger charge is -2.16. The number of thiazole rings is 1. The molecule has 3 N–H and O–H groups in total. The highest BCUT2D eigenvalue weighted by atomic mass is 35.5. The summed E-state index contributed by atoms with van der Waals surface area (Å²) in [5, 5.41) is 5.31. The van der Waals surface area contributed by atoms with Crippen LogP contribution in [0.4, 0.5) is 5.13 Å². The number of nitrogens with two attached hydrogens (primary N) is 1. The van der Waals surface area contributed by atoms with Gasteiger partial charge >= 0.3 is 0 Å². The molecule has 6 heteroatoms. The zero-order valence-electron chi connectivity index (χ0n) is 12.1. The van der Waals surface area contributed by atoms with E-state index in [4.69, 9.17) is 5.73 Å². The molecule has 0 aliphatic heterocycles. The third-order valence-electron chi connectivity index (χ3n) is 3.36. The largest absolute Gasteiger partial charge is 0.320 e. The van der Waals surface area contributed by atoms with Gasteiger partial charge in [0, 0.05) is 10.9 Å². The molecule has 114 valence electrons. The molecule has 1 aromatic heterocycles. The van der Waals surface area contributed by atoms with Gasteiger partial charge in [-0.05, 0) is 5.92 Å². The number of aromatic nitrogens is 1. The van der Waals surface area contributed by atoms with Gasteiger partial charge in [-0.1, -0.05) is 50.6 Å². The second-order valence-corrected chi connectivity index (χ2v) is 5.66. The molecular formula is C15H20ClN3OS. The molecule has 2 atom stereocenters. The van der Waals surface area contributed by atoms with E-state index >= 15 is 0 Å². The van der Waals surface area contributed by atoms with Crippen LogP contribution in [0.1, 0.15) is 20.3 Å². The van der Waals surface area contributed by atoms with Crippen molar-refractivity contribution < 1.29 is 4.79 Å². The Bertz CT molecular complexity index is 573. The highest BCUT2D eigenvalue weighted by molar-refractivity contribution is 7.14. The first-order valence-corrected chi connectivity index (χ1v) is 7.57. The fourth-order valence-electron chi connectivity index (χ4n) is 1.77. The van der Waals surface area contributed by atoms with Crippen LogP contribution in [0.2, 0.25) is 0 Å². The highest BCUT2D eigenvalue weighted by Crippen LogP contribution is 2.24.